The van der Waals surface area contributed by atoms with Crippen LogP contribution < -0.4 is 4.74 Å². The van der Waals surface area contributed by atoms with Gasteiger partial charge in [-0.25, -0.2) is 18.7 Å². The number of aromatic nitrogens is 3. The highest BCUT2D eigenvalue weighted by molar-refractivity contribution is 5.96. The summed E-state index contributed by atoms with van der Waals surface area (Å²) in [5.41, 5.74) is 1.88. The van der Waals surface area contributed by atoms with Gasteiger partial charge in [-0.3, -0.25) is 4.79 Å². The number of hydrogen-bond donors (Lipinski definition) is 0. The Morgan fingerprint density at radius 1 is 1.24 bits per heavy atom. The molecule has 0 saturated carbocycles. The summed E-state index contributed by atoms with van der Waals surface area (Å²) in [5.74, 6) is 0.195. The van der Waals surface area contributed by atoms with Crippen molar-refractivity contribution in [3.63, 3.8) is 0 Å². The standard InChI is InChI=1S/C21H23F2N3O3/c1-3-29-19-11-20-24-15(6-5-9-28-2)13-26(20)12-14(19)10-18(27)16-7-4-8-17(25-16)21(22)23/h4,7-8,11-13,21H,3,5-6,9-10H2,1-2H3. The summed E-state index contributed by atoms with van der Waals surface area (Å²) >= 11 is 0. The predicted octanol–water partition coefficient (Wildman–Crippen LogP) is 4.07. The van der Waals surface area contributed by atoms with Gasteiger partial charge < -0.3 is 13.9 Å². The second-order valence-electron chi connectivity index (χ2n) is 6.54. The molecule has 0 N–H and O–H groups in total. The van der Waals surface area contributed by atoms with Crippen LogP contribution in [0.1, 0.15) is 47.2 Å². The summed E-state index contributed by atoms with van der Waals surface area (Å²) in [4.78, 5) is 21.0. The van der Waals surface area contributed by atoms with Gasteiger partial charge in [-0.05, 0) is 31.9 Å². The van der Waals surface area contributed by atoms with Gasteiger partial charge in [-0.1, -0.05) is 6.07 Å². The number of carbonyl (C=O) groups is 1. The van der Waals surface area contributed by atoms with Gasteiger partial charge in [0.25, 0.3) is 6.43 Å². The molecule has 0 unspecified atom stereocenters. The van der Waals surface area contributed by atoms with Crippen molar-refractivity contribution in [2.24, 2.45) is 0 Å². The third-order valence-electron chi connectivity index (χ3n) is 4.39. The molecule has 3 heterocycles. The Labute approximate surface area is 167 Å². The molecule has 29 heavy (non-hydrogen) atoms. The molecular formula is C21H23F2N3O3. The molecule has 0 saturated heterocycles. The number of halogens is 2. The molecule has 0 spiro atoms. The summed E-state index contributed by atoms with van der Waals surface area (Å²) in [6.07, 6.45) is 2.60. The minimum absolute atomic E-state index is 0.0104. The topological polar surface area (TPSA) is 65.7 Å². The van der Waals surface area contributed by atoms with Gasteiger partial charge in [0.1, 0.15) is 22.8 Å². The Hall–Kier alpha value is -2.87. The molecule has 0 radical (unpaired) electrons. The number of carbonyl (C=O) groups excluding carboxylic acids is 1. The van der Waals surface area contributed by atoms with Crippen molar-refractivity contribution in [2.45, 2.75) is 32.6 Å². The van der Waals surface area contributed by atoms with E-state index in [1.54, 1.807) is 19.4 Å². The number of imidazole rings is 1. The zero-order valence-corrected chi connectivity index (χ0v) is 16.4. The quantitative estimate of drug-likeness (QED) is 0.377. The Bertz CT molecular complexity index is 988. The molecule has 0 aliphatic carbocycles. The number of nitrogens with zero attached hydrogens (tertiary/aromatic N) is 3. The molecule has 3 aromatic heterocycles. The van der Waals surface area contributed by atoms with E-state index >= 15 is 0 Å². The fourth-order valence-corrected chi connectivity index (χ4v) is 3.04. The van der Waals surface area contributed by atoms with Crippen LogP contribution in [-0.4, -0.2) is 40.5 Å². The van der Waals surface area contributed by atoms with Crippen molar-refractivity contribution in [2.75, 3.05) is 20.3 Å². The zero-order valence-electron chi connectivity index (χ0n) is 16.4. The number of hydrogen-bond acceptors (Lipinski definition) is 5. The fraction of sp³-hybridized carbons (Fsp3) is 0.381. The highest BCUT2D eigenvalue weighted by Crippen LogP contribution is 2.24. The maximum atomic E-state index is 12.9. The zero-order chi connectivity index (χ0) is 20.8. The highest BCUT2D eigenvalue weighted by Gasteiger charge is 2.17. The second kappa shape index (κ2) is 9.56. The van der Waals surface area contributed by atoms with Crippen LogP contribution in [0.4, 0.5) is 8.78 Å². The maximum Gasteiger partial charge on any atom is 0.280 e. The summed E-state index contributed by atoms with van der Waals surface area (Å²) < 4.78 is 38.4. The molecule has 0 aromatic carbocycles. The first-order valence-corrected chi connectivity index (χ1v) is 9.42. The molecule has 154 valence electrons. The number of ether oxygens (including phenoxy) is 2. The van der Waals surface area contributed by atoms with E-state index in [1.807, 2.05) is 17.5 Å². The summed E-state index contributed by atoms with van der Waals surface area (Å²) in [7, 11) is 1.66. The lowest BCUT2D eigenvalue weighted by Crippen LogP contribution is -2.10. The van der Waals surface area contributed by atoms with E-state index in [0.717, 1.165) is 24.2 Å². The van der Waals surface area contributed by atoms with Crippen LogP contribution in [0.5, 0.6) is 5.75 Å². The van der Waals surface area contributed by atoms with Gasteiger partial charge in [0, 0.05) is 44.2 Å². The Balaban J connectivity index is 1.87. The van der Waals surface area contributed by atoms with Gasteiger partial charge in [0.05, 0.1) is 12.3 Å². The number of methoxy groups -OCH3 is 1. The number of aryl methyl sites for hydroxylation is 1. The van der Waals surface area contributed by atoms with Crippen LogP contribution in [0.25, 0.3) is 5.65 Å². The number of pyridine rings is 2. The SMILES string of the molecule is CCOc1cc2nc(CCCOC)cn2cc1CC(=O)c1cccc(C(F)F)n1. The average Bonchev–Trinajstić information content (AvgIpc) is 3.10. The normalized spacial score (nSPS) is 11.3. The van der Waals surface area contributed by atoms with Crippen LogP contribution >= 0.6 is 0 Å². The minimum atomic E-state index is -2.72. The van der Waals surface area contributed by atoms with Gasteiger partial charge in [0.15, 0.2) is 5.78 Å². The second-order valence-corrected chi connectivity index (χ2v) is 6.54. The molecule has 0 amide bonds. The van der Waals surface area contributed by atoms with E-state index in [9.17, 15) is 13.6 Å². The first-order valence-electron chi connectivity index (χ1n) is 9.42. The minimum Gasteiger partial charge on any atom is -0.493 e. The van der Waals surface area contributed by atoms with E-state index in [0.29, 0.717) is 24.5 Å². The molecule has 3 rings (SSSR count). The van der Waals surface area contributed by atoms with Crippen molar-refractivity contribution in [3.05, 3.63) is 59.3 Å². The maximum absolute atomic E-state index is 12.9. The lowest BCUT2D eigenvalue weighted by Gasteiger charge is -2.11. The smallest absolute Gasteiger partial charge is 0.280 e. The van der Waals surface area contributed by atoms with Crippen molar-refractivity contribution < 1.29 is 23.0 Å². The summed E-state index contributed by atoms with van der Waals surface area (Å²) in [6.45, 7) is 2.94. The molecule has 0 fully saturated rings. The van der Waals surface area contributed by atoms with Gasteiger partial charge >= 0.3 is 0 Å². The van der Waals surface area contributed by atoms with E-state index < -0.39 is 12.1 Å². The number of rotatable bonds is 10. The average molecular weight is 403 g/mol. The molecule has 0 aliphatic rings. The van der Waals surface area contributed by atoms with Crippen molar-refractivity contribution in [1.29, 1.82) is 0 Å². The van der Waals surface area contributed by atoms with E-state index in [2.05, 4.69) is 9.97 Å². The number of Topliss-reactive ketones (excluding diaryl/α,β-unsaturated/α-hetero) is 1. The lowest BCUT2D eigenvalue weighted by atomic mass is 10.1. The monoisotopic (exact) mass is 403 g/mol. The third kappa shape index (κ3) is 5.14. The molecule has 8 heteroatoms. The molecule has 0 bridgehead atoms. The molecule has 3 aromatic rings. The number of alkyl halides is 2. The number of fused-ring (bicyclic) bond motifs is 1. The Morgan fingerprint density at radius 2 is 2.07 bits per heavy atom. The summed E-state index contributed by atoms with van der Waals surface area (Å²) in [5, 5.41) is 0. The van der Waals surface area contributed by atoms with Crippen LogP contribution in [0.3, 0.4) is 0 Å². The van der Waals surface area contributed by atoms with E-state index in [1.165, 1.54) is 18.2 Å². The van der Waals surface area contributed by atoms with Gasteiger partial charge in [-0.15, -0.1) is 0 Å². The molecule has 0 aliphatic heterocycles. The van der Waals surface area contributed by atoms with Crippen LogP contribution in [0.15, 0.2) is 36.7 Å². The fourth-order valence-electron chi connectivity index (χ4n) is 3.04. The van der Waals surface area contributed by atoms with Crippen LogP contribution in [0.2, 0.25) is 0 Å². The lowest BCUT2D eigenvalue weighted by molar-refractivity contribution is 0.0984. The van der Waals surface area contributed by atoms with Crippen molar-refractivity contribution in [1.82, 2.24) is 14.4 Å². The Morgan fingerprint density at radius 3 is 2.79 bits per heavy atom. The van der Waals surface area contributed by atoms with Crippen LogP contribution in [0, 0.1) is 0 Å². The van der Waals surface area contributed by atoms with E-state index in [-0.39, 0.29) is 17.9 Å². The molecular weight excluding hydrogens is 380 g/mol. The van der Waals surface area contributed by atoms with Crippen molar-refractivity contribution >= 4 is 11.4 Å². The van der Waals surface area contributed by atoms with E-state index in [4.69, 9.17) is 9.47 Å². The highest BCUT2D eigenvalue weighted by atomic mass is 19.3. The number of ketones is 1. The molecule has 0 atom stereocenters. The van der Waals surface area contributed by atoms with Gasteiger partial charge in [-0.2, -0.15) is 0 Å². The van der Waals surface area contributed by atoms with Crippen LogP contribution in [-0.2, 0) is 17.6 Å². The van der Waals surface area contributed by atoms with Crippen molar-refractivity contribution in [3.8, 4) is 5.75 Å². The predicted molar refractivity (Wildman–Crippen MR) is 104 cm³/mol. The third-order valence-corrected chi connectivity index (χ3v) is 4.39. The first-order chi connectivity index (χ1) is 14.0. The first kappa shape index (κ1) is 20.9. The Kier molecular flexibility index (Phi) is 6.87. The largest absolute Gasteiger partial charge is 0.493 e. The molecule has 6 nitrogen and oxygen atoms in total. The van der Waals surface area contributed by atoms with Gasteiger partial charge in [0.2, 0.25) is 0 Å². The summed E-state index contributed by atoms with van der Waals surface area (Å²) in [6, 6.07) is 5.85.